The van der Waals surface area contributed by atoms with E-state index in [9.17, 15) is 9.18 Å². The molecule has 0 saturated carbocycles. The molecule has 0 heterocycles. The van der Waals surface area contributed by atoms with Gasteiger partial charge in [-0.3, -0.25) is 5.32 Å². The average molecular weight is 373 g/mol. The number of rotatable bonds is 7. The number of nitrogens with one attached hydrogen (secondary N) is 1. The Kier molecular flexibility index (Phi) is 7.30. The van der Waals surface area contributed by atoms with Gasteiger partial charge in [0.15, 0.2) is 0 Å². The predicted octanol–water partition coefficient (Wildman–Crippen LogP) is 3.95. The minimum Gasteiger partial charge on any atom is -0.453 e. The summed E-state index contributed by atoms with van der Waals surface area (Å²) < 4.78 is 17.7. The Morgan fingerprint density at radius 3 is 2.44 bits per heavy atom. The Morgan fingerprint density at radius 1 is 1.07 bits per heavy atom. The maximum atomic E-state index is 13.1. The summed E-state index contributed by atoms with van der Waals surface area (Å²) in [4.78, 5) is 21.6. The smallest absolute Gasteiger partial charge is 0.411 e. The van der Waals surface area contributed by atoms with Crippen molar-refractivity contribution in [1.29, 1.82) is 0 Å². The second-order valence-electron chi connectivity index (χ2n) is 5.35. The summed E-state index contributed by atoms with van der Waals surface area (Å²) in [6.07, 6.45) is -0.576. The molecule has 7 nitrogen and oxygen atoms in total. The average Bonchev–Trinajstić information content (AvgIpc) is 2.68. The molecule has 0 atom stereocenters. The van der Waals surface area contributed by atoms with Gasteiger partial charge in [0.25, 0.3) is 0 Å². The zero-order chi connectivity index (χ0) is 19.6. The third-order valence-corrected chi connectivity index (χ3v) is 3.50. The van der Waals surface area contributed by atoms with E-state index >= 15 is 0 Å². The van der Waals surface area contributed by atoms with Gasteiger partial charge in [0.2, 0.25) is 0 Å². The van der Waals surface area contributed by atoms with Crippen molar-refractivity contribution in [3.63, 3.8) is 0 Å². The number of hydrogen-bond donors (Lipinski definition) is 1. The van der Waals surface area contributed by atoms with Gasteiger partial charge in [-0.25, -0.2) is 9.18 Å². The standard InChI is InChI=1S/C19H20FN3O4/c1-13(18(23-26-3)14-8-10-16(20)11-9-14)22-27-12-15-6-4-5-7-17(15)21-19(24)25-2/h4-11H,12H2,1-3H3,(H,21,24)/b22-13-,23-18-. The number of amides is 1. The molecule has 0 aliphatic carbocycles. The monoisotopic (exact) mass is 373 g/mol. The molecule has 8 heteroatoms. The first-order valence-corrected chi connectivity index (χ1v) is 8.02. The predicted molar refractivity (Wildman–Crippen MR) is 100 cm³/mol. The van der Waals surface area contributed by atoms with Gasteiger partial charge >= 0.3 is 6.09 Å². The highest BCUT2D eigenvalue weighted by atomic mass is 19.1. The van der Waals surface area contributed by atoms with Crippen LogP contribution in [0.1, 0.15) is 18.1 Å². The third-order valence-electron chi connectivity index (χ3n) is 3.50. The first kappa shape index (κ1) is 19.9. The lowest BCUT2D eigenvalue weighted by molar-refractivity contribution is 0.131. The molecule has 0 spiro atoms. The third kappa shape index (κ3) is 5.81. The highest BCUT2D eigenvalue weighted by Crippen LogP contribution is 2.16. The zero-order valence-electron chi connectivity index (χ0n) is 15.2. The van der Waals surface area contributed by atoms with Crippen molar-refractivity contribution >= 4 is 23.2 Å². The molecule has 2 aromatic carbocycles. The molecule has 0 saturated heterocycles. The van der Waals surface area contributed by atoms with Crippen LogP contribution in [-0.2, 0) is 21.0 Å². The largest absolute Gasteiger partial charge is 0.453 e. The van der Waals surface area contributed by atoms with E-state index in [1.165, 1.54) is 26.4 Å². The van der Waals surface area contributed by atoms with Crippen LogP contribution in [0.25, 0.3) is 0 Å². The zero-order valence-corrected chi connectivity index (χ0v) is 15.2. The number of oxime groups is 2. The number of benzene rings is 2. The maximum Gasteiger partial charge on any atom is 0.411 e. The summed E-state index contributed by atoms with van der Waals surface area (Å²) in [5.41, 5.74) is 2.77. The molecule has 0 bridgehead atoms. The van der Waals surface area contributed by atoms with Gasteiger partial charge in [-0.2, -0.15) is 0 Å². The Hall–Kier alpha value is -3.42. The molecular formula is C19H20FN3O4. The Bertz CT molecular complexity index is 835. The van der Waals surface area contributed by atoms with Gasteiger partial charge in [-0.1, -0.05) is 28.5 Å². The highest BCUT2D eigenvalue weighted by molar-refractivity contribution is 6.47. The van der Waals surface area contributed by atoms with E-state index in [4.69, 9.17) is 9.68 Å². The molecule has 0 aliphatic heterocycles. The van der Waals surface area contributed by atoms with Crippen LogP contribution in [0, 0.1) is 5.82 Å². The molecule has 2 rings (SSSR count). The topological polar surface area (TPSA) is 81.5 Å². The molecule has 0 aromatic heterocycles. The number of carbonyl (C=O) groups excluding carboxylic acids is 1. The van der Waals surface area contributed by atoms with E-state index < -0.39 is 6.09 Å². The van der Waals surface area contributed by atoms with Crippen LogP contribution in [0.5, 0.6) is 0 Å². The Labute approximate surface area is 156 Å². The summed E-state index contributed by atoms with van der Waals surface area (Å²) in [6.45, 7) is 1.81. The van der Waals surface area contributed by atoms with Crippen LogP contribution in [-0.4, -0.2) is 31.7 Å². The van der Waals surface area contributed by atoms with Crippen LogP contribution < -0.4 is 5.32 Å². The summed E-state index contributed by atoms with van der Waals surface area (Å²) >= 11 is 0. The summed E-state index contributed by atoms with van der Waals surface area (Å²) in [5, 5.41) is 10.6. The number of anilines is 1. The van der Waals surface area contributed by atoms with Crippen molar-refractivity contribution in [2.75, 3.05) is 19.5 Å². The summed E-state index contributed by atoms with van der Waals surface area (Å²) in [5.74, 6) is -0.351. The summed E-state index contributed by atoms with van der Waals surface area (Å²) in [6, 6.07) is 12.9. The first-order chi connectivity index (χ1) is 13.0. The molecule has 0 unspecified atom stereocenters. The van der Waals surface area contributed by atoms with Crippen molar-refractivity contribution < 1.29 is 23.6 Å². The van der Waals surface area contributed by atoms with Crippen LogP contribution >= 0.6 is 0 Å². The minimum absolute atomic E-state index is 0.112. The van der Waals surface area contributed by atoms with Gasteiger partial charge in [0.05, 0.1) is 12.8 Å². The molecule has 142 valence electrons. The SMILES string of the molecule is CO/N=C(/C(C)=N\OCc1ccccc1NC(=O)OC)c1ccc(F)cc1. The molecule has 0 fully saturated rings. The number of ether oxygens (including phenoxy) is 1. The van der Waals surface area contributed by atoms with Gasteiger partial charge in [0.1, 0.15) is 31.0 Å². The van der Waals surface area contributed by atoms with E-state index in [1.807, 2.05) is 6.07 Å². The van der Waals surface area contributed by atoms with Gasteiger partial charge in [0, 0.05) is 11.1 Å². The van der Waals surface area contributed by atoms with Crippen molar-refractivity contribution in [3.8, 4) is 0 Å². The Balaban J connectivity index is 2.11. The van der Waals surface area contributed by atoms with E-state index in [0.29, 0.717) is 28.2 Å². The van der Waals surface area contributed by atoms with Crippen molar-refractivity contribution in [2.45, 2.75) is 13.5 Å². The maximum absolute atomic E-state index is 13.1. The summed E-state index contributed by atoms with van der Waals surface area (Å²) in [7, 11) is 2.70. The van der Waals surface area contributed by atoms with Crippen LogP contribution in [0.2, 0.25) is 0 Å². The van der Waals surface area contributed by atoms with Crippen molar-refractivity contribution in [2.24, 2.45) is 10.3 Å². The Morgan fingerprint density at radius 2 is 1.78 bits per heavy atom. The quantitative estimate of drug-likeness (QED) is 0.589. The van der Waals surface area contributed by atoms with E-state index in [2.05, 4.69) is 20.4 Å². The first-order valence-electron chi connectivity index (χ1n) is 8.02. The molecule has 1 N–H and O–H groups in total. The molecule has 1 amide bonds. The molecule has 0 radical (unpaired) electrons. The van der Waals surface area contributed by atoms with Gasteiger partial charge < -0.3 is 14.4 Å². The van der Waals surface area contributed by atoms with Crippen molar-refractivity contribution in [3.05, 3.63) is 65.5 Å². The lowest BCUT2D eigenvalue weighted by Gasteiger charge is -2.10. The number of carbonyl (C=O) groups is 1. The lowest BCUT2D eigenvalue weighted by Crippen LogP contribution is -2.14. The number of nitrogens with zero attached hydrogens (tertiary/aromatic N) is 2. The second kappa shape index (κ2) is 9.91. The van der Waals surface area contributed by atoms with Gasteiger partial charge in [-0.05, 0) is 37.3 Å². The number of halogens is 1. The van der Waals surface area contributed by atoms with E-state index in [-0.39, 0.29) is 12.4 Å². The van der Waals surface area contributed by atoms with Crippen LogP contribution in [0.3, 0.4) is 0 Å². The highest BCUT2D eigenvalue weighted by Gasteiger charge is 2.11. The molecule has 2 aromatic rings. The van der Waals surface area contributed by atoms with Gasteiger partial charge in [-0.15, -0.1) is 0 Å². The number of para-hydroxylation sites is 1. The van der Waals surface area contributed by atoms with E-state index in [1.54, 1.807) is 37.3 Å². The van der Waals surface area contributed by atoms with E-state index in [0.717, 1.165) is 0 Å². The van der Waals surface area contributed by atoms with Crippen molar-refractivity contribution in [1.82, 2.24) is 0 Å². The second-order valence-corrected chi connectivity index (χ2v) is 5.35. The fourth-order valence-corrected chi connectivity index (χ4v) is 2.20. The minimum atomic E-state index is -0.576. The molecule has 0 aliphatic rings. The lowest BCUT2D eigenvalue weighted by atomic mass is 10.1. The number of methoxy groups -OCH3 is 1. The molecular weight excluding hydrogens is 353 g/mol. The van der Waals surface area contributed by atoms with Crippen LogP contribution in [0.15, 0.2) is 58.8 Å². The fraction of sp³-hybridized carbons (Fsp3) is 0.211. The van der Waals surface area contributed by atoms with Crippen LogP contribution in [0.4, 0.5) is 14.9 Å². The number of hydrogen-bond acceptors (Lipinski definition) is 6. The fourth-order valence-electron chi connectivity index (χ4n) is 2.20. The normalized spacial score (nSPS) is 11.7. The molecule has 27 heavy (non-hydrogen) atoms.